The third-order valence-corrected chi connectivity index (χ3v) is 2.12. The zero-order valence-electron chi connectivity index (χ0n) is 10.2. The van der Waals surface area contributed by atoms with Crippen molar-refractivity contribution >= 4 is 11.7 Å². The summed E-state index contributed by atoms with van der Waals surface area (Å²) in [6.45, 7) is 0. The molecule has 18 heavy (non-hydrogen) atoms. The Kier molecular flexibility index (Phi) is 4.63. The molecule has 1 aromatic rings. The number of urea groups is 1. The molecule has 1 aromatic carbocycles. The third-order valence-electron chi connectivity index (χ3n) is 2.12. The van der Waals surface area contributed by atoms with E-state index < -0.39 is 6.03 Å². The molecular weight excluding hydrogens is 238 g/mol. The molecule has 0 unspecified atom stereocenters. The predicted molar refractivity (Wildman–Crippen MR) is 63.9 cm³/mol. The van der Waals surface area contributed by atoms with Crippen LogP contribution in [0.1, 0.15) is 0 Å². The van der Waals surface area contributed by atoms with Crippen LogP contribution in [0.25, 0.3) is 0 Å². The van der Waals surface area contributed by atoms with E-state index in [0.29, 0.717) is 22.9 Å². The molecule has 0 bridgehead atoms. The average molecular weight is 251 g/mol. The maximum Gasteiger partial charge on any atom is 0.332 e. The van der Waals surface area contributed by atoms with Crippen molar-refractivity contribution in [1.29, 1.82) is 5.26 Å². The largest absolute Gasteiger partial charge is 0.493 e. The van der Waals surface area contributed by atoms with Crippen LogP contribution in [-0.2, 0) is 0 Å². The number of hydrogen-bond donors (Lipinski definition) is 2. The lowest BCUT2D eigenvalue weighted by Crippen LogP contribution is -2.24. The van der Waals surface area contributed by atoms with Crippen molar-refractivity contribution < 1.29 is 19.0 Å². The molecule has 0 saturated carbocycles. The number of nitrogens with zero attached hydrogens (tertiary/aromatic N) is 1. The molecule has 0 radical (unpaired) electrons. The molecular formula is C11H13N3O4. The van der Waals surface area contributed by atoms with E-state index in [2.05, 4.69) is 5.32 Å². The van der Waals surface area contributed by atoms with Crippen molar-refractivity contribution in [2.75, 3.05) is 26.6 Å². The summed E-state index contributed by atoms with van der Waals surface area (Å²) < 4.78 is 15.4. The van der Waals surface area contributed by atoms with Crippen molar-refractivity contribution in [1.82, 2.24) is 5.32 Å². The van der Waals surface area contributed by atoms with Gasteiger partial charge in [-0.05, 0) is 12.1 Å². The van der Waals surface area contributed by atoms with Crippen LogP contribution in [0.2, 0.25) is 0 Å². The van der Waals surface area contributed by atoms with Gasteiger partial charge in [0.2, 0.25) is 5.75 Å². The van der Waals surface area contributed by atoms with Crippen LogP contribution >= 0.6 is 0 Å². The minimum atomic E-state index is -0.664. The SMILES string of the molecule is COc1ccc(NC(=O)NC#N)c(OC)c1OC. The topological polar surface area (TPSA) is 92.6 Å². The number of carbonyl (C=O) groups is 1. The van der Waals surface area contributed by atoms with Crippen molar-refractivity contribution in [2.45, 2.75) is 0 Å². The van der Waals surface area contributed by atoms with E-state index in [1.54, 1.807) is 12.1 Å². The summed E-state index contributed by atoms with van der Waals surface area (Å²) >= 11 is 0. The molecule has 7 nitrogen and oxygen atoms in total. The summed E-state index contributed by atoms with van der Waals surface area (Å²) in [6.07, 6.45) is 1.52. The number of nitriles is 1. The Morgan fingerprint density at radius 2 is 1.83 bits per heavy atom. The van der Waals surface area contributed by atoms with Gasteiger partial charge < -0.3 is 19.5 Å². The maximum atomic E-state index is 11.3. The lowest BCUT2D eigenvalue weighted by molar-refractivity contribution is 0.255. The molecule has 0 aliphatic rings. The molecule has 2 N–H and O–H groups in total. The van der Waals surface area contributed by atoms with E-state index in [1.165, 1.54) is 27.5 Å². The smallest absolute Gasteiger partial charge is 0.332 e. The van der Waals surface area contributed by atoms with Gasteiger partial charge >= 0.3 is 6.03 Å². The zero-order valence-corrected chi connectivity index (χ0v) is 10.2. The Morgan fingerprint density at radius 1 is 1.17 bits per heavy atom. The van der Waals surface area contributed by atoms with Crippen LogP contribution in [0, 0.1) is 11.5 Å². The van der Waals surface area contributed by atoms with Gasteiger partial charge in [-0.3, -0.25) is 0 Å². The second kappa shape index (κ2) is 6.20. The standard InChI is InChI=1S/C11H13N3O4/c1-16-8-5-4-7(14-11(15)13-6-12)9(17-2)10(8)18-3/h4-5H,1-3H3,(H2,13,14,15). The van der Waals surface area contributed by atoms with Crippen LogP contribution in [0.15, 0.2) is 12.1 Å². The van der Waals surface area contributed by atoms with Crippen molar-refractivity contribution in [3.8, 4) is 23.4 Å². The number of ether oxygens (including phenoxy) is 3. The van der Waals surface area contributed by atoms with Gasteiger partial charge in [-0.15, -0.1) is 0 Å². The fraction of sp³-hybridized carbons (Fsp3) is 0.273. The molecule has 1 rings (SSSR count). The highest BCUT2D eigenvalue weighted by molar-refractivity contribution is 5.92. The number of carbonyl (C=O) groups excluding carboxylic acids is 1. The molecule has 0 fully saturated rings. The second-order valence-corrected chi connectivity index (χ2v) is 3.07. The highest BCUT2D eigenvalue weighted by atomic mass is 16.5. The average Bonchev–Trinajstić information content (AvgIpc) is 2.38. The minimum Gasteiger partial charge on any atom is -0.493 e. The fourth-order valence-corrected chi connectivity index (χ4v) is 1.40. The van der Waals surface area contributed by atoms with Gasteiger partial charge in [0.25, 0.3) is 0 Å². The first-order valence-corrected chi connectivity index (χ1v) is 4.93. The van der Waals surface area contributed by atoms with Crippen molar-refractivity contribution in [3.05, 3.63) is 12.1 Å². The monoisotopic (exact) mass is 251 g/mol. The first kappa shape index (κ1) is 13.4. The third kappa shape index (κ3) is 2.74. The number of methoxy groups -OCH3 is 3. The van der Waals surface area contributed by atoms with E-state index >= 15 is 0 Å². The van der Waals surface area contributed by atoms with Crippen LogP contribution in [0.5, 0.6) is 17.2 Å². The van der Waals surface area contributed by atoms with Crippen molar-refractivity contribution in [2.24, 2.45) is 0 Å². The zero-order chi connectivity index (χ0) is 13.5. The second-order valence-electron chi connectivity index (χ2n) is 3.07. The lowest BCUT2D eigenvalue weighted by atomic mass is 10.2. The van der Waals surface area contributed by atoms with Gasteiger partial charge in [0.15, 0.2) is 17.7 Å². The number of hydrogen-bond acceptors (Lipinski definition) is 5. The van der Waals surface area contributed by atoms with Crippen LogP contribution in [0.4, 0.5) is 10.5 Å². The first-order valence-electron chi connectivity index (χ1n) is 4.93. The number of rotatable bonds is 4. The Bertz CT molecular complexity index is 482. The molecule has 0 aliphatic heterocycles. The molecule has 0 spiro atoms. The molecule has 96 valence electrons. The normalized spacial score (nSPS) is 9.00. The van der Waals surface area contributed by atoms with Crippen LogP contribution < -0.4 is 24.8 Å². The highest BCUT2D eigenvalue weighted by Gasteiger charge is 2.17. The Morgan fingerprint density at radius 3 is 2.33 bits per heavy atom. The van der Waals surface area contributed by atoms with E-state index in [9.17, 15) is 4.79 Å². The molecule has 7 heteroatoms. The number of amides is 2. The summed E-state index contributed by atoms with van der Waals surface area (Å²) in [7, 11) is 4.39. The van der Waals surface area contributed by atoms with Gasteiger partial charge in [0.05, 0.1) is 27.0 Å². The molecule has 0 atom stereocenters. The number of nitrogens with one attached hydrogen (secondary N) is 2. The molecule has 0 saturated heterocycles. The predicted octanol–water partition coefficient (Wildman–Crippen LogP) is 1.31. The summed E-state index contributed by atoms with van der Waals surface area (Å²) in [5, 5.41) is 12.7. The fourth-order valence-electron chi connectivity index (χ4n) is 1.40. The lowest BCUT2D eigenvalue weighted by Gasteiger charge is -2.15. The molecule has 0 heterocycles. The van der Waals surface area contributed by atoms with E-state index in [1.807, 2.05) is 5.32 Å². The summed E-state index contributed by atoms with van der Waals surface area (Å²) in [5.41, 5.74) is 0.364. The van der Waals surface area contributed by atoms with Gasteiger partial charge in [-0.1, -0.05) is 0 Å². The van der Waals surface area contributed by atoms with Gasteiger partial charge in [-0.2, -0.15) is 5.26 Å². The molecule has 2 amide bonds. The highest BCUT2D eigenvalue weighted by Crippen LogP contribution is 2.42. The van der Waals surface area contributed by atoms with Crippen LogP contribution in [-0.4, -0.2) is 27.4 Å². The van der Waals surface area contributed by atoms with Gasteiger partial charge in [-0.25, -0.2) is 10.1 Å². The summed E-state index contributed by atoms with van der Waals surface area (Å²) in [4.78, 5) is 11.3. The first-order chi connectivity index (χ1) is 8.67. The Labute approximate surface area is 104 Å². The van der Waals surface area contributed by atoms with E-state index in [4.69, 9.17) is 19.5 Å². The van der Waals surface area contributed by atoms with Gasteiger partial charge in [0.1, 0.15) is 0 Å². The Balaban J connectivity index is 3.13. The van der Waals surface area contributed by atoms with Gasteiger partial charge in [0, 0.05) is 0 Å². The summed E-state index contributed by atoms with van der Waals surface area (Å²) in [5.74, 6) is 1.14. The quantitative estimate of drug-likeness (QED) is 0.621. The van der Waals surface area contributed by atoms with Crippen LogP contribution in [0.3, 0.4) is 0 Å². The maximum absolute atomic E-state index is 11.3. The van der Waals surface area contributed by atoms with E-state index in [0.717, 1.165) is 0 Å². The molecule has 0 aliphatic carbocycles. The minimum absolute atomic E-state index is 0.310. The number of anilines is 1. The van der Waals surface area contributed by atoms with Crippen molar-refractivity contribution in [3.63, 3.8) is 0 Å². The Hall–Kier alpha value is -2.62. The van der Waals surface area contributed by atoms with E-state index in [-0.39, 0.29) is 0 Å². The summed E-state index contributed by atoms with van der Waals surface area (Å²) in [6, 6.07) is 2.53. The number of benzene rings is 1. The molecule has 0 aromatic heterocycles.